The van der Waals surface area contributed by atoms with Crippen molar-refractivity contribution in [1.29, 1.82) is 0 Å². The van der Waals surface area contributed by atoms with E-state index in [0.29, 0.717) is 6.54 Å². The van der Waals surface area contributed by atoms with Gasteiger partial charge in [-0.3, -0.25) is 0 Å². The maximum Gasteiger partial charge on any atom is 0.123 e. The molecule has 0 amide bonds. The molecule has 0 bridgehead atoms. The molecule has 1 saturated carbocycles. The highest BCUT2D eigenvalue weighted by molar-refractivity contribution is 5.29. The summed E-state index contributed by atoms with van der Waals surface area (Å²) in [7, 11) is 0. The van der Waals surface area contributed by atoms with E-state index in [4.69, 9.17) is 5.73 Å². The Kier molecular flexibility index (Phi) is 4.72. The molecule has 100 valence electrons. The smallest absolute Gasteiger partial charge is 0.123 e. The number of benzene rings is 1. The molecular formula is C15H23FN2. The van der Waals surface area contributed by atoms with Crippen LogP contribution in [-0.2, 0) is 0 Å². The predicted octanol–water partition coefficient (Wildman–Crippen LogP) is 2.91. The van der Waals surface area contributed by atoms with Crippen molar-refractivity contribution >= 4 is 0 Å². The number of nitrogens with two attached hydrogens (primary N) is 1. The zero-order valence-corrected chi connectivity index (χ0v) is 11.1. The van der Waals surface area contributed by atoms with E-state index in [1.807, 2.05) is 13.0 Å². The molecule has 2 nitrogen and oxygen atoms in total. The lowest BCUT2D eigenvalue weighted by molar-refractivity contribution is 0.287. The van der Waals surface area contributed by atoms with Crippen molar-refractivity contribution in [1.82, 2.24) is 5.32 Å². The number of rotatable bonds is 6. The van der Waals surface area contributed by atoms with Crippen LogP contribution in [0, 0.1) is 18.7 Å². The van der Waals surface area contributed by atoms with Crippen molar-refractivity contribution in [2.75, 3.05) is 13.1 Å². The molecule has 0 heterocycles. The Bertz CT molecular complexity index is 388. The standard InChI is InChI=1S/C15H23FN2/c1-11-5-6-13(16)9-14(11)15(10-17)18-8-7-12-3-2-4-12/h5-6,9,12,15,18H,2-4,7-8,10,17H2,1H3. The third kappa shape index (κ3) is 3.30. The molecule has 3 N–H and O–H groups in total. The monoisotopic (exact) mass is 250 g/mol. The molecule has 18 heavy (non-hydrogen) atoms. The maximum atomic E-state index is 13.3. The van der Waals surface area contributed by atoms with Gasteiger partial charge in [0.15, 0.2) is 0 Å². The van der Waals surface area contributed by atoms with Crippen LogP contribution in [0.4, 0.5) is 4.39 Å². The van der Waals surface area contributed by atoms with E-state index in [9.17, 15) is 4.39 Å². The van der Waals surface area contributed by atoms with Crippen LogP contribution in [0.3, 0.4) is 0 Å². The van der Waals surface area contributed by atoms with Crippen LogP contribution in [0.2, 0.25) is 0 Å². The van der Waals surface area contributed by atoms with Gasteiger partial charge in [0.25, 0.3) is 0 Å². The van der Waals surface area contributed by atoms with Gasteiger partial charge < -0.3 is 11.1 Å². The molecule has 1 aromatic carbocycles. The van der Waals surface area contributed by atoms with Gasteiger partial charge in [0.2, 0.25) is 0 Å². The number of halogens is 1. The Morgan fingerprint density at radius 2 is 2.22 bits per heavy atom. The molecule has 0 spiro atoms. The molecule has 3 heteroatoms. The van der Waals surface area contributed by atoms with Crippen LogP contribution in [0.15, 0.2) is 18.2 Å². The summed E-state index contributed by atoms with van der Waals surface area (Å²) in [6.07, 6.45) is 5.33. The molecule has 1 aromatic rings. The van der Waals surface area contributed by atoms with Gasteiger partial charge in [0, 0.05) is 12.6 Å². The molecule has 0 aromatic heterocycles. The third-order valence-electron chi connectivity index (χ3n) is 4.02. The number of nitrogens with one attached hydrogen (secondary N) is 1. The number of hydrogen-bond acceptors (Lipinski definition) is 2. The first-order chi connectivity index (χ1) is 8.70. The summed E-state index contributed by atoms with van der Waals surface area (Å²) in [6, 6.07) is 4.99. The molecule has 1 atom stereocenters. The van der Waals surface area contributed by atoms with E-state index in [2.05, 4.69) is 5.32 Å². The first-order valence-corrected chi connectivity index (χ1v) is 6.90. The Morgan fingerprint density at radius 1 is 1.44 bits per heavy atom. The molecule has 1 fully saturated rings. The van der Waals surface area contributed by atoms with Gasteiger partial charge in [0.1, 0.15) is 5.82 Å². The van der Waals surface area contributed by atoms with Gasteiger partial charge in [-0.2, -0.15) is 0 Å². The van der Waals surface area contributed by atoms with E-state index in [-0.39, 0.29) is 11.9 Å². The maximum absolute atomic E-state index is 13.3. The van der Waals surface area contributed by atoms with Gasteiger partial charge in [0.05, 0.1) is 0 Å². The van der Waals surface area contributed by atoms with E-state index in [1.165, 1.54) is 31.7 Å². The van der Waals surface area contributed by atoms with Gasteiger partial charge in [-0.05, 0) is 49.1 Å². The molecule has 0 aliphatic heterocycles. The van der Waals surface area contributed by atoms with Crippen molar-refractivity contribution in [2.45, 2.75) is 38.6 Å². The summed E-state index contributed by atoms with van der Waals surface area (Å²) >= 11 is 0. The zero-order chi connectivity index (χ0) is 13.0. The minimum atomic E-state index is -0.185. The lowest BCUT2D eigenvalue weighted by Gasteiger charge is -2.27. The Balaban J connectivity index is 1.91. The second-order valence-electron chi connectivity index (χ2n) is 5.33. The second kappa shape index (κ2) is 6.30. The van der Waals surface area contributed by atoms with Crippen LogP contribution in [-0.4, -0.2) is 13.1 Å². The van der Waals surface area contributed by atoms with Crippen LogP contribution < -0.4 is 11.1 Å². The molecule has 2 rings (SSSR count). The van der Waals surface area contributed by atoms with Gasteiger partial charge in [-0.1, -0.05) is 25.3 Å². The van der Waals surface area contributed by atoms with Crippen LogP contribution in [0.25, 0.3) is 0 Å². The van der Waals surface area contributed by atoms with Crippen LogP contribution >= 0.6 is 0 Å². The number of aryl methyl sites for hydroxylation is 1. The molecule has 1 aliphatic rings. The van der Waals surface area contributed by atoms with Crippen molar-refractivity contribution in [2.24, 2.45) is 11.7 Å². The lowest BCUT2D eigenvalue weighted by Crippen LogP contribution is -2.31. The number of hydrogen-bond donors (Lipinski definition) is 2. The van der Waals surface area contributed by atoms with Crippen molar-refractivity contribution in [3.63, 3.8) is 0 Å². The van der Waals surface area contributed by atoms with Gasteiger partial charge in [-0.15, -0.1) is 0 Å². The first kappa shape index (κ1) is 13.5. The Hall–Kier alpha value is -0.930. The Labute approximate surface area is 109 Å². The highest BCUT2D eigenvalue weighted by atomic mass is 19.1. The minimum Gasteiger partial charge on any atom is -0.329 e. The third-order valence-corrected chi connectivity index (χ3v) is 4.02. The molecule has 1 aliphatic carbocycles. The van der Waals surface area contributed by atoms with Crippen LogP contribution in [0.1, 0.15) is 42.9 Å². The van der Waals surface area contributed by atoms with E-state index in [1.54, 1.807) is 6.07 Å². The summed E-state index contributed by atoms with van der Waals surface area (Å²) in [6.45, 7) is 3.49. The summed E-state index contributed by atoms with van der Waals surface area (Å²) in [5, 5.41) is 3.46. The average molecular weight is 250 g/mol. The summed E-state index contributed by atoms with van der Waals surface area (Å²) in [5.74, 6) is 0.708. The highest BCUT2D eigenvalue weighted by Crippen LogP contribution is 2.29. The SMILES string of the molecule is Cc1ccc(F)cc1C(CN)NCCC1CCC1. The summed E-state index contributed by atoms with van der Waals surface area (Å²) in [4.78, 5) is 0. The Morgan fingerprint density at radius 3 is 2.83 bits per heavy atom. The van der Waals surface area contributed by atoms with E-state index < -0.39 is 0 Å². The quantitative estimate of drug-likeness (QED) is 0.814. The fourth-order valence-corrected chi connectivity index (χ4v) is 2.55. The van der Waals surface area contributed by atoms with E-state index in [0.717, 1.165) is 23.6 Å². The summed E-state index contributed by atoms with van der Waals surface area (Å²) < 4.78 is 13.3. The predicted molar refractivity (Wildman–Crippen MR) is 72.9 cm³/mol. The first-order valence-electron chi connectivity index (χ1n) is 6.90. The van der Waals surface area contributed by atoms with Gasteiger partial charge >= 0.3 is 0 Å². The minimum absolute atomic E-state index is 0.0702. The molecular weight excluding hydrogens is 227 g/mol. The van der Waals surface area contributed by atoms with E-state index >= 15 is 0 Å². The zero-order valence-electron chi connectivity index (χ0n) is 11.1. The fraction of sp³-hybridized carbons (Fsp3) is 0.600. The molecule has 0 saturated heterocycles. The normalized spacial score (nSPS) is 17.5. The van der Waals surface area contributed by atoms with Crippen molar-refractivity contribution in [3.8, 4) is 0 Å². The van der Waals surface area contributed by atoms with Gasteiger partial charge in [-0.25, -0.2) is 4.39 Å². The van der Waals surface area contributed by atoms with Crippen LogP contribution in [0.5, 0.6) is 0 Å². The van der Waals surface area contributed by atoms with Crippen molar-refractivity contribution in [3.05, 3.63) is 35.1 Å². The fourth-order valence-electron chi connectivity index (χ4n) is 2.55. The van der Waals surface area contributed by atoms with Crippen molar-refractivity contribution < 1.29 is 4.39 Å². The molecule has 0 radical (unpaired) electrons. The topological polar surface area (TPSA) is 38.0 Å². The average Bonchev–Trinajstić information content (AvgIpc) is 2.31. The molecule has 1 unspecified atom stereocenters. The largest absolute Gasteiger partial charge is 0.329 e. The highest BCUT2D eigenvalue weighted by Gasteiger charge is 2.18. The summed E-state index contributed by atoms with van der Waals surface area (Å²) in [5.41, 5.74) is 7.89. The lowest BCUT2D eigenvalue weighted by atomic mass is 9.83. The second-order valence-corrected chi connectivity index (χ2v) is 5.33.